The van der Waals surface area contributed by atoms with Crippen LogP contribution in [0.1, 0.15) is 23.7 Å². The lowest BCUT2D eigenvalue weighted by Crippen LogP contribution is -2.29. The van der Waals surface area contributed by atoms with Crippen molar-refractivity contribution < 1.29 is 4.79 Å². The first-order chi connectivity index (χ1) is 6.56. The molecule has 0 saturated carbocycles. The normalized spacial score (nSPS) is 12.6. The minimum atomic E-state index is -0.508. The SMILES string of the molecule is CCC(N)C(=O)c1cc(Cl)ccc1Cl. The molecule has 2 nitrogen and oxygen atoms in total. The van der Waals surface area contributed by atoms with E-state index in [1.165, 1.54) is 0 Å². The quantitative estimate of drug-likeness (QED) is 0.814. The summed E-state index contributed by atoms with van der Waals surface area (Å²) < 4.78 is 0. The Balaban J connectivity index is 3.06. The number of Topliss-reactive ketones (excluding diaryl/α,β-unsaturated/α-hetero) is 1. The zero-order chi connectivity index (χ0) is 10.7. The van der Waals surface area contributed by atoms with Gasteiger partial charge in [-0.3, -0.25) is 4.79 Å². The van der Waals surface area contributed by atoms with Gasteiger partial charge >= 0.3 is 0 Å². The van der Waals surface area contributed by atoms with Gasteiger partial charge in [-0.25, -0.2) is 0 Å². The zero-order valence-electron chi connectivity index (χ0n) is 7.76. The number of ketones is 1. The summed E-state index contributed by atoms with van der Waals surface area (Å²) in [5.41, 5.74) is 6.01. The fourth-order valence-electron chi connectivity index (χ4n) is 1.07. The van der Waals surface area contributed by atoms with Gasteiger partial charge in [-0.1, -0.05) is 30.1 Å². The maximum Gasteiger partial charge on any atom is 0.181 e. The highest BCUT2D eigenvalue weighted by Gasteiger charge is 2.16. The first-order valence-corrected chi connectivity index (χ1v) is 5.06. The molecule has 0 fully saturated rings. The Labute approximate surface area is 93.0 Å². The molecule has 0 radical (unpaired) electrons. The molecule has 1 rings (SSSR count). The van der Waals surface area contributed by atoms with Gasteiger partial charge in [0.05, 0.1) is 11.1 Å². The third-order valence-corrected chi connectivity index (χ3v) is 2.54. The van der Waals surface area contributed by atoms with E-state index in [1.54, 1.807) is 18.2 Å². The summed E-state index contributed by atoms with van der Waals surface area (Å²) in [6.07, 6.45) is 0.585. The van der Waals surface area contributed by atoms with Gasteiger partial charge in [-0.05, 0) is 24.6 Å². The summed E-state index contributed by atoms with van der Waals surface area (Å²) in [6.45, 7) is 1.85. The number of hydrogen-bond donors (Lipinski definition) is 1. The van der Waals surface area contributed by atoms with E-state index < -0.39 is 6.04 Å². The van der Waals surface area contributed by atoms with Gasteiger partial charge in [0, 0.05) is 10.6 Å². The summed E-state index contributed by atoms with van der Waals surface area (Å²) in [5, 5.41) is 0.879. The zero-order valence-corrected chi connectivity index (χ0v) is 9.27. The summed E-state index contributed by atoms with van der Waals surface area (Å²) in [4.78, 5) is 11.7. The largest absolute Gasteiger partial charge is 0.321 e. The molecule has 1 unspecified atom stereocenters. The van der Waals surface area contributed by atoms with Gasteiger partial charge in [0.1, 0.15) is 0 Å². The van der Waals surface area contributed by atoms with Gasteiger partial charge < -0.3 is 5.73 Å². The van der Waals surface area contributed by atoms with E-state index in [4.69, 9.17) is 28.9 Å². The van der Waals surface area contributed by atoms with Crippen LogP contribution in [0.5, 0.6) is 0 Å². The molecule has 14 heavy (non-hydrogen) atoms. The summed E-state index contributed by atoms with van der Waals surface area (Å²) in [5.74, 6) is -0.167. The van der Waals surface area contributed by atoms with Crippen molar-refractivity contribution in [3.8, 4) is 0 Å². The lowest BCUT2D eigenvalue weighted by atomic mass is 10.0. The van der Waals surface area contributed by atoms with Crippen molar-refractivity contribution in [2.45, 2.75) is 19.4 Å². The van der Waals surface area contributed by atoms with Crippen molar-refractivity contribution in [2.75, 3.05) is 0 Å². The van der Waals surface area contributed by atoms with Gasteiger partial charge in [0.25, 0.3) is 0 Å². The Morgan fingerprint density at radius 3 is 2.71 bits per heavy atom. The summed E-state index contributed by atoms with van der Waals surface area (Å²) in [7, 11) is 0. The van der Waals surface area contributed by atoms with Crippen molar-refractivity contribution >= 4 is 29.0 Å². The molecule has 0 amide bonds. The molecule has 0 bridgehead atoms. The third-order valence-electron chi connectivity index (χ3n) is 1.97. The van der Waals surface area contributed by atoms with E-state index in [-0.39, 0.29) is 5.78 Å². The van der Waals surface area contributed by atoms with Gasteiger partial charge in [0.2, 0.25) is 0 Å². The monoisotopic (exact) mass is 231 g/mol. The molecule has 0 saturated heterocycles. The molecule has 1 aromatic rings. The van der Waals surface area contributed by atoms with Gasteiger partial charge in [0.15, 0.2) is 5.78 Å². The Kier molecular flexibility index (Phi) is 3.93. The van der Waals surface area contributed by atoms with E-state index in [9.17, 15) is 4.79 Å². The standard InChI is InChI=1S/C10H11Cl2NO/c1-2-9(13)10(14)7-5-6(11)3-4-8(7)12/h3-5,9H,2,13H2,1H3. The van der Waals surface area contributed by atoms with Crippen molar-refractivity contribution in [1.29, 1.82) is 0 Å². The maximum absolute atomic E-state index is 11.7. The molecule has 0 aromatic heterocycles. The maximum atomic E-state index is 11.7. The van der Waals surface area contributed by atoms with Crippen LogP contribution < -0.4 is 5.73 Å². The van der Waals surface area contributed by atoms with Crippen LogP contribution in [-0.4, -0.2) is 11.8 Å². The number of benzene rings is 1. The number of carbonyl (C=O) groups is 1. The van der Waals surface area contributed by atoms with Crippen molar-refractivity contribution in [2.24, 2.45) is 5.73 Å². The number of carbonyl (C=O) groups excluding carboxylic acids is 1. The van der Waals surface area contributed by atoms with Crippen molar-refractivity contribution in [3.05, 3.63) is 33.8 Å². The summed E-state index contributed by atoms with van der Waals surface area (Å²) >= 11 is 11.6. The highest BCUT2D eigenvalue weighted by molar-refractivity contribution is 6.36. The molecule has 0 aliphatic carbocycles. The molecule has 1 atom stereocenters. The number of nitrogens with two attached hydrogens (primary N) is 1. The van der Waals surface area contributed by atoms with Crippen LogP contribution in [0.15, 0.2) is 18.2 Å². The minimum absolute atomic E-state index is 0.167. The molecule has 1 aromatic carbocycles. The van der Waals surface area contributed by atoms with Crippen molar-refractivity contribution in [1.82, 2.24) is 0 Å². The topological polar surface area (TPSA) is 43.1 Å². The first-order valence-electron chi connectivity index (χ1n) is 4.31. The Morgan fingerprint density at radius 2 is 2.14 bits per heavy atom. The van der Waals surface area contributed by atoms with Crippen LogP contribution in [0, 0.1) is 0 Å². The molecule has 76 valence electrons. The van der Waals surface area contributed by atoms with Crippen LogP contribution in [0.25, 0.3) is 0 Å². The predicted octanol–water partition coefficient (Wildman–Crippen LogP) is 2.91. The number of hydrogen-bond acceptors (Lipinski definition) is 2. The second-order valence-electron chi connectivity index (χ2n) is 3.00. The Morgan fingerprint density at radius 1 is 1.50 bits per heavy atom. The minimum Gasteiger partial charge on any atom is -0.321 e. The highest BCUT2D eigenvalue weighted by atomic mass is 35.5. The molecule has 0 aliphatic rings. The van der Waals surface area contributed by atoms with E-state index >= 15 is 0 Å². The van der Waals surface area contributed by atoms with Crippen LogP contribution >= 0.6 is 23.2 Å². The van der Waals surface area contributed by atoms with Crippen LogP contribution in [0.2, 0.25) is 10.0 Å². The fraction of sp³-hybridized carbons (Fsp3) is 0.300. The lowest BCUT2D eigenvalue weighted by molar-refractivity contribution is 0.0959. The summed E-state index contributed by atoms with van der Waals surface area (Å²) in [6, 6.07) is 4.27. The van der Waals surface area contributed by atoms with E-state index in [0.717, 1.165) is 0 Å². The third kappa shape index (κ3) is 2.47. The molecule has 4 heteroatoms. The second-order valence-corrected chi connectivity index (χ2v) is 3.85. The second kappa shape index (κ2) is 4.78. The van der Waals surface area contributed by atoms with Gasteiger partial charge in [-0.15, -0.1) is 0 Å². The number of halogens is 2. The van der Waals surface area contributed by atoms with Crippen LogP contribution in [-0.2, 0) is 0 Å². The Bertz CT molecular complexity index is 352. The lowest BCUT2D eigenvalue weighted by Gasteiger charge is -2.09. The average molecular weight is 232 g/mol. The highest BCUT2D eigenvalue weighted by Crippen LogP contribution is 2.21. The number of rotatable bonds is 3. The van der Waals surface area contributed by atoms with Crippen molar-refractivity contribution in [3.63, 3.8) is 0 Å². The molecular weight excluding hydrogens is 221 g/mol. The van der Waals surface area contributed by atoms with E-state index in [0.29, 0.717) is 22.0 Å². The molecule has 2 N–H and O–H groups in total. The Hall–Kier alpha value is -0.570. The molecular formula is C10H11Cl2NO. The first kappa shape index (κ1) is 11.5. The average Bonchev–Trinajstić information content (AvgIpc) is 2.19. The van der Waals surface area contributed by atoms with E-state index in [1.807, 2.05) is 6.92 Å². The van der Waals surface area contributed by atoms with Crippen LogP contribution in [0.4, 0.5) is 0 Å². The molecule has 0 heterocycles. The predicted molar refractivity (Wildman–Crippen MR) is 59.1 cm³/mol. The molecule has 0 aliphatic heterocycles. The van der Waals surface area contributed by atoms with Gasteiger partial charge in [-0.2, -0.15) is 0 Å². The van der Waals surface area contributed by atoms with E-state index in [2.05, 4.69) is 0 Å². The van der Waals surface area contributed by atoms with Crippen LogP contribution in [0.3, 0.4) is 0 Å². The smallest absolute Gasteiger partial charge is 0.181 e. The fourth-order valence-corrected chi connectivity index (χ4v) is 1.45. The molecule has 0 spiro atoms.